The highest BCUT2D eigenvalue weighted by Gasteiger charge is 2.56. The van der Waals surface area contributed by atoms with Crippen LogP contribution < -0.4 is 5.46 Å². The molecule has 2 saturated heterocycles. The third-order valence-electron chi connectivity index (χ3n) is 7.43. The highest BCUT2D eigenvalue weighted by Crippen LogP contribution is 2.53. The Hall–Kier alpha value is -2.39. The third-order valence-corrected chi connectivity index (χ3v) is 7.43. The van der Waals surface area contributed by atoms with Crippen LogP contribution in [0, 0.1) is 11.7 Å². The van der Waals surface area contributed by atoms with E-state index in [0.717, 1.165) is 12.8 Å². The molecule has 3 aliphatic rings. The van der Waals surface area contributed by atoms with Gasteiger partial charge in [0.15, 0.2) is 0 Å². The SMILES string of the molecule is CC(C)(C)OC(=O)N1[C@@H]2C[C@@H]2C[C@H]1c1ncc(-c2ccc(B3OC(C)(C)C(C)(C)O3)cc2F)[nH]1. The molecule has 2 aromatic rings. The smallest absolute Gasteiger partial charge is 0.444 e. The molecule has 0 radical (unpaired) electrons. The van der Waals surface area contributed by atoms with Crippen molar-refractivity contribution in [3.05, 3.63) is 36.0 Å². The van der Waals surface area contributed by atoms with E-state index >= 15 is 4.39 Å². The Morgan fingerprint density at radius 1 is 1.21 bits per heavy atom. The first kappa shape index (κ1) is 23.4. The van der Waals surface area contributed by atoms with Crippen LogP contribution >= 0.6 is 0 Å². The molecular formula is C25H33BFN3O4. The number of halogens is 1. The number of aromatic nitrogens is 2. The summed E-state index contributed by atoms with van der Waals surface area (Å²) in [5, 5.41) is 0. The second kappa shape index (κ2) is 7.56. The molecule has 1 amide bonds. The first-order chi connectivity index (χ1) is 15.8. The lowest BCUT2D eigenvalue weighted by atomic mass is 9.78. The zero-order chi connectivity index (χ0) is 24.6. The Morgan fingerprint density at radius 3 is 2.50 bits per heavy atom. The van der Waals surface area contributed by atoms with Gasteiger partial charge in [-0.3, -0.25) is 4.90 Å². The maximum absolute atomic E-state index is 15.2. The summed E-state index contributed by atoms with van der Waals surface area (Å²) in [7, 11) is -0.626. The topological polar surface area (TPSA) is 76.7 Å². The summed E-state index contributed by atoms with van der Waals surface area (Å²) >= 11 is 0. The van der Waals surface area contributed by atoms with Gasteiger partial charge in [0, 0.05) is 11.6 Å². The molecule has 1 aliphatic carbocycles. The van der Waals surface area contributed by atoms with Crippen LogP contribution in [0.25, 0.3) is 11.3 Å². The van der Waals surface area contributed by atoms with E-state index < -0.39 is 23.9 Å². The molecule has 0 unspecified atom stereocenters. The van der Waals surface area contributed by atoms with Crippen LogP contribution in [0.4, 0.5) is 9.18 Å². The quantitative estimate of drug-likeness (QED) is 0.666. The number of carbonyl (C=O) groups excluding carboxylic acids is 1. The molecule has 0 bridgehead atoms. The zero-order valence-corrected chi connectivity index (χ0v) is 20.9. The number of fused-ring (bicyclic) bond motifs is 1. The van der Waals surface area contributed by atoms with Crippen LogP contribution in [0.15, 0.2) is 24.4 Å². The molecule has 5 rings (SSSR count). The first-order valence-corrected chi connectivity index (χ1v) is 12.0. The van der Waals surface area contributed by atoms with Crippen molar-refractivity contribution in [3.8, 4) is 11.3 Å². The fourth-order valence-electron chi connectivity index (χ4n) is 4.80. The van der Waals surface area contributed by atoms with Gasteiger partial charge in [0.2, 0.25) is 0 Å². The number of aromatic amines is 1. The molecule has 3 heterocycles. The molecule has 7 nitrogen and oxygen atoms in total. The predicted octanol–water partition coefficient (Wildman–Crippen LogP) is 4.59. The summed E-state index contributed by atoms with van der Waals surface area (Å²) in [6, 6.07) is 4.99. The zero-order valence-electron chi connectivity index (χ0n) is 20.9. The van der Waals surface area contributed by atoms with Gasteiger partial charge >= 0.3 is 13.2 Å². The van der Waals surface area contributed by atoms with Gasteiger partial charge in [-0.25, -0.2) is 14.2 Å². The van der Waals surface area contributed by atoms with E-state index in [2.05, 4.69) is 9.97 Å². The van der Waals surface area contributed by atoms with Gasteiger partial charge in [0.25, 0.3) is 0 Å². The lowest BCUT2D eigenvalue weighted by Crippen LogP contribution is -2.41. The van der Waals surface area contributed by atoms with Crippen molar-refractivity contribution in [1.82, 2.24) is 14.9 Å². The Labute approximate surface area is 200 Å². The number of likely N-dealkylation sites (tertiary alicyclic amines) is 1. The van der Waals surface area contributed by atoms with Crippen LogP contribution in [0.3, 0.4) is 0 Å². The van der Waals surface area contributed by atoms with Gasteiger partial charge in [0.1, 0.15) is 17.2 Å². The lowest BCUT2D eigenvalue weighted by Gasteiger charge is -2.32. The Balaban J connectivity index is 1.36. The molecule has 1 aromatic heterocycles. The third kappa shape index (κ3) is 4.03. The monoisotopic (exact) mass is 469 g/mol. The number of hydrogen-bond donors (Lipinski definition) is 1. The normalized spacial score (nSPS) is 27.1. The second-order valence-corrected chi connectivity index (χ2v) is 11.7. The van der Waals surface area contributed by atoms with Crippen LogP contribution in [-0.2, 0) is 14.0 Å². The maximum atomic E-state index is 15.2. The van der Waals surface area contributed by atoms with Gasteiger partial charge < -0.3 is 19.0 Å². The number of carbonyl (C=O) groups is 1. The molecule has 3 atom stereocenters. The van der Waals surface area contributed by atoms with Crippen molar-refractivity contribution in [2.45, 2.75) is 90.2 Å². The van der Waals surface area contributed by atoms with E-state index in [0.29, 0.717) is 28.5 Å². The standard InChI is InChI=1S/C25H33BFN3O4/c1-23(2,3)32-22(31)30-19-10-14(19)11-20(30)21-28-13-18(29-21)16-9-8-15(12-17(16)27)26-33-24(4,5)25(6,7)34-26/h8-9,12-14,19-20H,10-11H2,1-7H3,(H,28,29)/t14-,19-,20+/m1/s1. The molecule has 182 valence electrons. The number of H-pyrrole nitrogens is 1. The molecule has 3 fully saturated rings. The van der Waals surface area contributed by atoms with Gasteiger partial charge in [0.05, 0.1) is 29.1 Å². The van der Waals surface area contributed by atoms with Crippen LogP contribution in [0.5, 0.6) is 0 Å². The van der Waals surface area contributed by atoms with Crippen molar-refractivity contribution in [2.75, 3.05) is 0 Å². The number of nitrogens with one attached hydrogen (secondary N) is 1. The van der Waals surface area contributed by atoms with Gasteiger partial charge in [-0.1, -0.05) is 12.1 Å². The molecule has 1 aromatic carbocycles. The minimum absolute atomic E-state index is 0.195. The fourth-order valence-corrected chi connectivity index (χ4v) is 4.80. The minimum atomic E-state index is -0.626. The number of ether oxygens (including phenoxy) is 1. The number of amides is 1. The number of piperidine rings is 1. The van der Waals surface area contributed by atoms with E-state index in [4.69, 9.17) is 14.0 Å². The number of nitrogens with zero attached hydrogens (tertiary/aromatic N) is 2. The number of rotatable bonds is 3. The van der Waals surface area contributed by atoms with E-state index in [1.807, 2.05) is 54.5 Å². The maximum Gasteiger partial charge on any atom is 0.494 e. The number of hydrogen-bond acceptors (Lipinski definition) is 5. The Kier molecular flexibility index (Phi) is 5.19. The Bertz CT molecular complexity index is 1110. The van der Waals surface area contributed by atoms with Crippen molar-refractivity contribution in [1.29, 1.82) is 0 Å². The molecule has 0 spiro atoms. The van der Waals surface area contributed by atoms with Crippen molar-refractivity contribution in [3.63, 3.8) is 0 Å². The molecule has 1 N–H and O–H groups in total. The molecule has 9 heteroatoms. The molecular weight excluding hydrogens is 436 g/mol. The van der Waals surface area contributed by atoms with Crippen molar-refractivity contribution in [2.24, 2.45) is 5.92 Å². The average molecular weight is 469 g/mol. The predicted molar refractivity (Wildman–Crippen MR) is 127 cm³/mol. The largest absolute Gasteiger partial charge is 0.494 e. The number of imidazole rings is 1. The summed E-state index contributed by atoms with van der Waals surface area (Å²) in [5.74, 6) is 0.741. The number of benzene rings is 1. The molecule has 1 saturated carbocycles. The highest BCUT2D eigenvalue weighted by atomic mass is 19.1. The van der Waals surface area contributed by atoms with E-state index in [9.17, 15) is 4.79 Å². The molecule has 34 heavy (non-hydrogen) atoms. The van der Waals surface area contributed by atoms with E-state index in [-0.39, 0.29) is 24.0 Å². The summed E-state index contributed by atoms with van der Waals surface area (Å²) < 4.78 is 32.9. The van der Waals surface area contributed by atoms with E-state index in [1.165, 1.54) is 6.07 Å². The van der Waals surface area contributed by atoms with Crippen LogP contribution in [-0.4, -0.2) is 50.9 Å². The fraction of sp³-hybridized carbons (Fsp3) is 0.600. The first-order valence-electron chi connectivity index (χ1n) is 12.0. The van der Waals surface area contributed by atoms with Crippen molar-refractivity contribution < 1.29 is 23.2 Å². The van der Waals surface area contributed by atoms with Gasteiger partial charge in [-0.05, 0) is 78.8 Å². The van der Waals surface area contributed by atoms with Gasteiger partial charge in [-0.2, -0.15) is 0 Å². The summed E-state index contributed by atoms with van der Waals surface area (Å²) in [4.78, 5) is 22.4. The molecule has 2 aliphatic heterocycles. The summed E-state index contributed by atoms with van der Waals surface area (Å²) in [5.41, 5.74) is 0.0563. The summed E-state index contributed by atoms with van der Waals surface area (Å²) in [6.45, 7) is 13.5. The summed E-state index contributed by atoms with van der Waals surface area (Å²) in [6.07, 6.45) is 3.14. The average Bonchev–Trinajstić information content (AvgIpc) is 3.06. The highest BCUT2D eigenvalue weighted by molar-refractivity contribution is 6.62. The van der Waals surface area contributed by atoms with Crippen LogP contribution in [0.2, 0.25) is 0 Å². The lowest BCUT2D eigenvalue weighted by molar-refractivity contribution is 0.00578. The van der Waals surface area contributed by atoms with Gasteiger partial charge in [-0.15, -0.1) is 0 Å². The van der Waals surface area contributed by atoms with Crippen LogP contribution in [0.1, 0.15) is 73.2 Å². The van der Waals surface area contributed by atoms with Crippen molar-refractivity contribution >= 4 is 18.7 Å². The second-order valence-electron chi connectivity index (χ2n) is 11.7. The van der Waals surface area contributed by atoms with E-state index in [1.54, 1.807) is 17.2 Å². The Morgan fingerprint density at radius 2 is 1.88 bits per heavy atom. The minimum Gasteiger partial charge on any atom is -0.444 e.